The molecule has 123 heavy (non-hydrogen) atoms. The van der Waals surface area contributed by atoms with Gasteiger partial charge < -0.3 is 96.2 Å². The van der Waals surface area contributed by atoms with Crippen molar-refractivity contribution in [2.24, 2.45) is 11.7 Å². The summed E-state index contributed by atoms with van der Waals surface area (Å²) in [6.07, 6.45) is 20.1. The number of unbranched alkanes of at least 4 members (excludes halogenated alkanes) is 13. The van der Waals surface area contributed by atoms with Crippen LogP contribution in [0.4, 0.5) is 15.0 Å². The first kappa shape index (κ1) is 119. The molecule has 2 aliphatic rings. The van der Waals surface area contributed by atoms with E-state index in [1.54, 1.807) is 12.1 Å². The van der Waals surface area contributed by atoms with E-state index in [1.807, 2.05) is 55.0 Å². The van der Waals surface area contributed by atoms with E-state index < -0.39 is 45.2 Å². The molecule has 708 valence electrons. The Morgan fingerprint density at radius 2 is 0.911 bits per heavy atom. The van der Waals surface area contributed by atoms with Crippen LogP contribution in [0.1, 0.15) is 246 Å². The Hall–Kier alpha value is -3.82. The summed E-state index contributed by atoms with van der Waals surface area (Å²) < 4.78 is 101. The number of nitrogens with two attached hydrogens (primary N) is 1. The first-order valence-corrected chi connectivity index (χ1v) is 51.1. The number of thioether (sulfide) groups is 1. The first-order valence-electron chi connectivity index (χ1n) is 44.4. The Balaban J connectivity index is 0.00000155. The van der Waals surface area contributed by atoms with Gasteiger partial charge in [-0.15, -0.1) is 9.60 Å². The molecular weight excluding hydrogens is 1690 g/mol. The van der Waals surface area contributed by atoms with Gasteiger partial charge in [0.05, 0.1) is 33.5 Å². The number of amides is 3. The standard InChI is InChI=1S/C26H47N4O4PS.C17H35FN3O3P.C17H34N3O4P.C15H32N3O2P.C12H13NO2S/c1-20(2)30(21(3)4)35(34-17-15-27-5)33-16-11-7-6-10-14-28-24(31)13-9-8-12-23-26-22(19-36-23)18-25(32)29-26;1-16(2)21(17(3)4)25(24-14-11-19-5)23-13-10-8-7-9-12-20(18)15-22-6;1-15(2)20(16(3)4)25(24-14-12-18-5)23-13-10-8-7-9-11-19-17(21)22-6;1-14(2)18(15(3)4)21(20-13-11-17-5)19-12-9-7-6-8-10-16;1-13(2)11-7-3-6-10-9(11)5-4-8-12(10)16(14)15/h20-23,26H,6-19H2,1-4H3,(H,28,31)(H,29,32);16-17H,7-15H2,1-4,6H3;15-16H,7-14H2,1-4,6H3,(H,19,21);14-15H,6-13,16H2,1-4H3;3-8H,1-2H3,(H,14,15)/p-1. The average molecular weight is 1850 g/mol. The van der Waals surface area contributed by atoms with E-state index in [-0.39, 0.29) is 24.6 Å². The predicted molar refractivity (Wildman–Crippen MR) is 506 cm³/mol. The molecule has 0 saturated carbocycles. The lowest BCUT2D eigenvalue weighted by atomic mass is 9.97. The minimum atomic E-state index is -2.19. The molecule has 0 radical (unpaired) electrons. The fourth-order valence-electron chi connectivity index (χ4n) is 13.4. The molecule has 0 bridgehead atoms. The maximum atomic E-state index is 13.1. The van der Waals surface area contributed by atoms with Crippen LogP contribution >= 0.6 is 45.9 Å². The molecular formula is C87H160FN14O15P4S2-. The van der Waals surface area contributed by atoms with Crippen molar-refractivity contribution in [2.45, 2.75) is 310 Å². The monoisotopic (exact) mass is 1850 g/mol. The van der Waals surface area contributed by atoms with Crippen molar-refractivity contribution in [2.75, 3.05) is 151 Å². The SMILES string of the molecule is CN(C)c1cccc2c(S(=O)[O-])cccc12.[C-]#[N+]CCOP(OCCCCCCN(F)COC)N(C(C)C)C(C)C.[C-]#[N+]CCOP(OCCCCCCN)N(C(C)C)C(C)C.[C-]#[N+]CCOP(OCCCCCCNC(=O)CCCCC1SCC2CC(=O)NC21)N(C(C)C)C(C)C.[C-]#[N+]CCOP(OCCCCCCNC(=O)OC)N(C(C)C)C(C)C. The van der Waals surface area contributed by atoms with Gasteiger partial charge in [0, 0.05) is 129 Å². The fourth-order valence-corrected chi connectivity index (χ4v) is 22.1. The zero-order valence-electron chi connectivity index (χ0n) is 78.5. The smallest absolute Gasteiger partial charge is 0.406 e. The summed E-state index contributed by atoms with van der Waals surface area (Å²) in [5.74, 6) is 1.96. The predicted octanol–water partition coefficient (Wildman–Crippen LogP) is 19.9. The molecule has 2 aliphatic heterocycles. The van der Waals surface area contributed by atoms with Crippen LogP contribution in [0, 0.1) is 32.2 Å². The summed E-state index contributed by atoms with van der Waals surface area (Å²) >= 11 is -0.207. The molecule has 2 aromatic rings. The van der Waals surface area contributed by atoms with Gasteiger partial charge in [0.1, 0.15) is 33.2 Å². The van der Waals surface area contributed by atoms with Crippen LogP contribution in [0.15, 0.2) is 41.3 Å². The molecule has 4 rings (SSSR count). The second-order valence-electron chi connectivity index (χ2n) is 32.2. The second kappa shape index (κ2) is 75.9. The van der Waals surface area contributed by atoms with Crippen LogP contribution in [-0.2, 0) is 66.3 Å². The van der Waals surface area contributed by atoms with Gasteiger partial charge in [-0.3, -0.25) is 13.8 Å². The number of rotatable bonds is 64. The van der Waals surface area contributed by atoms with Crippen LogP contribution in [0.3, 0.4) is 0 Å². The van der Waals surface area contributed by atoms with Crippen molar-refractivity contribution >= 4 is 91.3 Å². The number of ether oxygens (including phenoxy) is 2. The number of benzene rings is 2. The number of fused-ring (bicyclic) bond motifs is 2. The maximum Gasteiger partial charge on any atom is 0.406 e. The number of carbonyl (C=O) groups excluding carboxylic acids is 3. The highest BCUT2D eigenvalue weighted by atomic mass is 32.2. The highest BCUT2D eigenvalue weighted by Gasteiger charge is 2.43. The minimum absolute atomic E-state index is 0.0234. The summed E-state index contributed by atoms with van der Waals surface area (Å²) in [4.78, 5) is 50.3. The van der Waals surface area contributed by atoms with Gasteiger partial charge in [0.2, 0.25) is 38.0 Å². The summed E-state index contributed by atoms with van der Waals surface area (Å²) in [6, 6.07) is 14.0. The van der Waals surface area contributed by atoms with Crippen LogP contribution in [0.25, 0.3) is 30.2 Å². The van der Waals surface area contributed by atoms with Crippen LogP contribution < -0.4 is 26.6 Å². The maximum absolute atomic E-state index is 13.1. The molecule has 8 unspecified atom stereocenters. The summed E-state index contributed by atoms with van der Waals surface area (Å²) in [7, 11) is 2.22. The molecule has 3 amide bonds. The van der Waals surface area contributed by atoms with Crippen LogP contribution in [0.2, 0.25) is 0 Å². The van der Waals surface area contributed by atoms with E-state index in [2.05, 4.69) is 170 Å². The number of hydrogen-bond acceptors (Lipinski definition) is 23. The zero-order valence-corrected chi connectivity index (χ0v) is 83.8. The second-order valence-corrected chi connectivity index (χ2v) is 40.2. The zero-order chi connectivity index (χ0) is 92.3. The summed E-state index contributed by atoms with van der Waals surface area (Å²) in [5.41, 5.74) is 6.51. The van der Waals surface area contributed by atoms with Crippen LogP contribution in [0.5, 0.6) is 0 Å². The Morgan fingerprint density at radius 3 is 1.28 bits per heavy atom. The molecule has 5 N–H and O–H groups in total. The number of nitrogens with zero attached hydrogens (tertiary/aromatic N) is 10. The first-order chi connectivity index (χ1) is 58.8. The van der Waals surface area contributed by atoms with Gasteiger partial charge in [-0.2, -0.15) is 11.8 Å². The van der Waals surface area contributed by atoms with E-state index in [4.69, 9.17) is 72.9 Å². The van der Waals surface area contributed by atoms with Gasteiger partial charge >= 0.3 is 6.09 Å². The molecule has 2 fully saturated rings. The lowest BCUT2D eigenvalue weighted by molar-refractivity contribution is -0.121. The number of alkyl carbamates (subject to hydrolysis) is 1. The molecule has 2 aromatic carbocycles. The molecule has 29 nitrogen and oxygen atoms in total. The number of carbonyl (C=O) groups is 3. The largest absolute Gasteiger partial charge is 0.768 e. The van der Waals surface area contributed by atoms with Crippen molar-refractivity contribution < 1.29 is 73.3 Å². The van der Waals surface area contributed by atoms with Gasteiger partial charge in [0.15, 0.2) is 0 Å². The third kappa shape index (κ3) is 55.7. The topological polar surface area (TPSA) is 283 Å². The summed E-state index contributed by atoms with van der Waals surface area (Å²) in [5, 5.41) is 11.8. The van der Waals surface area contributed by atoms with Crippen molar-refractivity contribution in [1.82, 2.24) is 39.8 Å². The van der Waals surface area contributed by atoms with E-state index in [9.17, 15) is 27.6 Å². The van der Waals surface area contributed by atoms with Crippen molar-refractivity contribution in [1.29, 1.82) is 0 Å². The van der Waals surface area contributed by atoms with E-state index in [1.165, 1.54) is 14.2 Å². The highest BCUT2D eigenvalue weighted by molar-refractivity contribution is 8.00. The highest BCUT2D eigenvalue weighted by Crippen LogP contribution is 2.49. The minimum Gasteiger partial charge on any atom is -0.768 e. The Bertz CT molecular complexity index is 3190. The van der Waals surface area contributed by atoms with E-state index in [0.29, 0.717) is 181 Å². The quantitative estimate of drug-likeness (QED) is 0.0120. The Kier molecular flexibility index (Phi) is 73.6. The lowest BCUT2D eigenvalue weighted by Gasteiger charge is -2.35. The van der Waals surface area contributed by atoms with Gasteiger partial charge in [-0.1, -0.05) is 82.1 Å². The molecule has 0 aromatic heterocycles. The number of methoxy groups -OCH3 is 2. The van der Waals surface area contributed by atoms with Crippen molar-refractivity contribution in [3.63, 3.8) is 0 Å². The number of nitrogens with one attached hydrogen (secondary N) is 3. The molecule has 8 atom stereocenters. The van der Waals surface area contributed by atoms with E-state index in [0.717, 1.165) is 157 Å². The number of anilines is 1. The Labute approximate surface area is 754 Å². The molecule has 2 heterocycles. The fraction of sp³-hybridized carbons (Fsp3) is 0.805. The molecule has 0 spiro atoms. The molecule has 2 saturated heterocycles. The summed E-state index contributed by atoms with van der Waals surface area (Å²) in [6.45, 7) is 70.0. The van der Waals surface area contributed by atoms with Gasteiger partial charge in [-0.05, 0) is 222 Å². The Morgan fingerprint density at radius 1 is 0.537 bits per heavy atom. The third-order valence-electron chi connectivity index (χ3n) is 18.9. The van der Waals surface area contributed by atoms with Gasteiger partial charge in [-0.25, -0.2) is 49.8 Å². The van der Waals surface area contributed by atoms with E-state index >= 15 is 0 Å². The lowest BCUT2D eigenvalue weighted by Crippen LogP contribution is -2.34. The normalized spacial score (nSPS) is 15.6. The number of halogens is 1. The van der Waals surface area contributed by atoms with Crippen molar-refractivity contribution in [3.8, 4) is 0 Å². The average Bonchev–Trinajstić information content (AvgIpc) is 1.30. The molecule has 0 aliphatic carbocycles. The van der Waals surface area contributed by atoms with Crippen LogP contribution in [-0.4, -0.2) is 256 Å². The molecule has 36 heteroatoms. The van der Waals surface area contributed by atoms with Gasteiger partial charge in [0.25, 0.3) is 34.1 Å². The third-order valence-corrected chi connectivity index (χ3v) is 29.6. The number of hydrogen-bond donors (Lipinski definition) is 4. The van der Waals surface area contributed by atoms with Crippen molar-refractivity contribution in [3.05, 3.63) is 82.1 Å².